The maximum Gasteiger partial charge on any atom is 0.528 e. The van der Waals surface area contributed by atoms with Gasteiger partial charge in [-0.05, 0) is 38.3 Å². The summed E-state index contributed by atoms with van der Waals surface area (Å²) in [5.41, 5.74) is 0.911. The van der Waals surface area contributed by atoms with E-state index >= 15 is 0 Å². The second-order valence-electron chi connectivity index (χ2n) is 8.08. The van der Waals surface area contributed by atoms with E-state index in [9.17, 15) is 9.59 Å². The molecule has 2 aromatic carbocycles. The Bertz CT molecular complexity index is 875. The van der Waals surface area contributed by atoms with Crippen LogP contribution in [0.3, 0.4) is 0 Å². The fourth-order valence-corrected chi connectivity index (χ4v) is 3.40. The first-order valence-electron chi connectivity index (χ1n) is 9.90. The van der Waals surface area contributed by atoms with Crippen LogP contribution in [0.15, 0.2) is 73.3 Å². The number of carbonyl (C=O) groups is 2. The Balaban J connectivity index is 2.05. The van der Waals surface area contributed by atoms with Crippen LogP contribution in [0.25, 0.3) is 0 Å². The summed E-state index contributed by atoms with van der Waals surface area (Å²) in [7, 11) is 0. The van der Waals surface area contributed by atoms with E-state index in [1.807, 2.05) is 60.7 Å². The van der Waals surface area contributed by atoms with Crippen LogP contribution in [0.2, 0.25) is 0 Å². The zero-order valence-corrected chi connectivity index (χ0v) is 17.5. The van der Waals surface area contributed by atoms with Gasteiger partial charge >= 0.3 is 12.1 Å². The molecule has 2 aromatic rings. The van der Waals surface area contributed by atoms with E-state index in [1.54, 1.807) is 26.8 Å². The molecule has 0 radical (unpaired) electrons. The highest BCUT2D eigenvalue weighted by molar-refractivity contribution is 5.77. The van der Waals surface area contributed by atoms with Gasteiger partial charge in [0.15, 0.2) is 0 Å². The van der Waals surface area contributed by atoms with E-state index in [0.29, 0.717) is 0 Å². The van der Waals surface area contributed by atoms with Crippen LogP contribution < -0.4 is 0 Å². The number of hydrogen-bond donors (Lipinski definition) is 0. The lowest BCUT2D eigenvalue weighted by molar-refractivity contribution is -0.246. The van der Waals surface area contributed by atoms with Crippen molar-refractivity contribution in [3.05, 3.63) is 84.4 Å². The summed E-state index contributed by atoms with van der Waals surface area (Å²) in [6, 6.07) is 17.5. The fraction of sp³-hybridized carbons (Fsp3) is 0.333. The van der Waals surface area contributed by atoms with Gasteiger partial charge in [0.25, 0.3) is 0 Å². The van der Waals surface area contributed by atoms with E-state index in [-0.39, 0.29) is 6.42 Å². The molecule has 0 saturated carbocycles. The molecule has 0 N–H and O–H groups in total. The number of rotatable bonds is 5. The molecule has 6 heteroatoms. The minimum Gasteiger partial charge on any atom is -0.454 e. The second-order valence-corrected chi connectivity index (χ2v) is 8.08. The van der Waals surface area contributed by atoms with Crippen LogP contribution in [-0.4, -0.2) is 28.8 Å². The molecule has 0 aliphatic carbocycles. The molecular formula is C24H27NO5. The molecule has 6 nitrogen and oxygen atoms in total. The van der Waals surface area contributed by atoms with Gasteiger partial charge in [0, 0.05) is 0 Å². The van der Waals surface area contributed by atoms with E-state index in [4.69, 9.17) is 14.3 Å². The van der Waals surface area contributed by atoms with Gasteiger partial charge in [-0.1, -0.05) is 66.7 Å². The number of hydroxylamine groups is 2. The van der Waals surface area contributed by atoms with Crippen LogP contribution in [-0.2, 0) is 19.1 Å². The number of benzene rings is 2. The molecule has 1 fully saturated rings. The van der Waals surface area contributed by atoms with E-state index < -0.39 is 35.9 Å². The van der Waals surface area contributed by atoms with Crippen molar-refractivity contribution in [3.63, 3.8) is 0 Å². The minimum atomic E-state index is -0.876. The maximum atomic E-state index is 12.9. The zero-order chi connectivity index (χ0) is 21.7. The summed E-state index contributed by atoms with van der Waals surface area (Å²) >= 11 is 0. The molecule has 1 aliphatic heterocycles. The lowest BCUT2D eigenvalue weighted by Gasteiger charge is -2.43. The minimum absolute atomic E-state index is 0.256. The van der Waals surface area contributed by atoms with Gasteiger partial charge in [-0.3, -0.25) is 4.79 Å². The summed E-state index contributed by atoms with van der Waals surface area (Å²) in [6.45, 7) is 8.99. The van der Waals surface area contributed by atoms with E-state index in [2.05, 4.69) is 6.58 Å². The van der Waals surface area contributed by atoms with Crippen molar-refractivity contribution >= 4 is 12.1 Å². The Morgan fingerprint density at radius 1 is 1.07 bits per heavy atom. The van der Waals surface area contributed by atoms with Crippen molar-refractivity contribution in [2.24, 2.45) is 0 Å². The summed E-state index contributed by atoms with van der Waals surface area (Å²) in [4.78, 5) is 31.1. The number of carbonyl (C=O) groups excluding carboxylic acids is 2. The van der Waals surface area contributed by atoms with Crippen molar-refractivity contribution in [3.8, 4) is 0 Å². The Labute approximate surface area is 177 Å². The van der Waals surface area contributed by atoms with Crippen molar-refractivity contribution < 1.29 is 23.9 Å². The average Bonchev–Trinajstić information content (AvgIpc) is 2.70. The third-order valence-corrected chi connectivity index (χ3v) is 4.61. The van der Waals surface area contributed by atoms with Gasteiger partial charge in [0.2, 0.25) is 0 Å². The van der Waals surface area contributed by atoms with Crippen LogP contribution >= 0.6 is 0 Å². The quantitative estimate of drug-likeness (QED) is 0.503. The first-order valence-corrected chi connectivity index (χ1v) is 9.90. The smallest absolute Gasteiger partial charge is 0.454 e. The summed E-state index contributed by atoms with van der Waals surface area (Å²) in [6.07, 6.45) is 0.318. The molecule has 158 valence electrons. The van der Waals surface area contributed by atoms with E-state index in [1.165, 1.54) is 5.06 Å². The first-order chi connectivity index (χ1) is 14.3. The molecule has 0 aromatic heterocycles. The second kappa shape index (κ2) is 9.13. The third-order valence-electron chi connectivity index (χ3n) is 4.61. The number of morpholine rings is 1. The topological polar surface area (TPSA) is 65.1 Å². The summed E-state index contributed by atoms with van der Waals surface area (Å²) in [5.74, 6) is -0.487. The predicted octanol–water partition coefficient (Wildman–Crippen LogP) is 5.14. The highest BCUT2D eigenvalue weighted by atomic mass is 16.8. The molecule has 0 amide bonds. The molecule has 30 heavy (non-hydrogen) atoms. The van der Waals surface area contributed by atoms with Crippen molar-refractivity contribution in [1.29, 1.82) is 0 Å². The van der Waals surface area contributed by atoms with Crippen molar-refractivity contribution in [2.45, 2.75) is 51.0 Å². The standard InChI is InChI=1S/C24H27NO5/c1-5-12-19-22(26)28-21(18-15-10-7-11-16-18)20(17-13-8-6-9-14-17)25(19)30-23(27)29-24(2,3)4/h5-11,13-16,19-21H,1,12H2,2-4H3/t19-,20+,21-/m1/s1. The number of nitrogens with zero attached hydrogens (tertiary/aromatic N) is 1. The fourth-order valence-electron chi connectivity index (χ4n) is 3.40. The van der Waals surface area contributed by atoms with Gasteiger partial charge in [0.1, 0.15) is 23.8 Å². The third kappa shape index (κ3) is 5.07. The highest BCUT2D eigenvalue weighted by Crippen LogP contribution is 2.43. The van der Waals surface area contributed by atoms with Gasteiger partial charge in [-0.15, -0.1) is 11.6 Å². The Hall–Kier alpha value is -3.12. The molecule has 0 spiro atoms. The SMILES string of the molecule is C=CC[C@@H]1C(=O)O[C@H](c2ccccc2)[C@H](c2ccccc2)N1OC(=O)OC(C)(C)C. The normalized spacial score (nSPS) is 22.1. The molecule has 0 bridgehead atoms. The van der Waals surface area contributed by atoms with Crippen LogP contribution in [0, 0.1) is 0 Å². The summed E-state index contributed by atoms with van der Waals surface area (Å²) < 4.78 is 11.2. The number of esters is 1. The van der Waals surface area contributed by atoms with E-state index in [0.717, 1.165) is 11.1 Å². The van der Waals surface area contributed by atoms with Gasteiger partial charge in [-0.25, -0.2) is 4.79 Å². The van der Waals surface area contributed by atoms with Gasteiger partial charge in [0.05, 0.1) is 0 Å². The number of ether oxygens (including phenoxy) is 2. The van der Waals surface area contributed by atoms with Crippen LogP contribution in [0.5, 0.6) is 0 Å². The van der Waals surface area contributed by atoms with Gasteiger partial charge in [-0.2, -0.15) is 0 Å². The molecular weight excluding hydrogens is 382 g/mol. The summed E-state index contributed by atoms with van der Waals surface area (Å²) in [5, 5.41) is 1.40. The Morgan fingerprint density at radius 3 is 2.17 bits per heavy atom. The molecule has 3 atom stereocenters. The Morgan fingerprint density at radius 2 is 1.63 bits per heavy atom. The maximum absolute atomic E-state index is 12.9. The molecule has 3 rings (SSSR count). The monoisotopic (exact) mass is 409 g/mol. The van der Waals surface area contributed by atoms with Crippen molar-refractivity contribution in [2.75, 3.05) is 0 Å². The van der Waals surface area contributed by atoms with Crippen LogP contribution in [0.4, 0.5) is 4.79 Å². The zero-order valence-electron chi connectivity index (χ0n) is 17.5. The lowest BCUT2D eigenvalue weighted by atomic mass is 9.92. The number of cyclic esters (lactones) is 1. The van der Waals surface area contributed by atoms with Gasteiger partial charge < -0.3 is 14.3 Å². The molecule has 1 heterocycles. The Kier molecular flexibility index (Phi) is 6.57. The molecule has 0 unspecified atom stereocenters. The molecule has 1 aliphatic rings. The van der Waals surface area contributed by atoms with Crippen molar-refractivity contribution in [1.82, 2.24) is 5.06 Å². The lowest BCUT2D eigenvalue weighted by Crippen LogP contribution is -2.52. The first kappa shape index (κ1) is 21.6. The highest BCUT2D eigenvalue weighted by Gasteiger charge is 2.47. The average molecular weight is 409 g/mol. The largest absolute Gasteiger partial charge is 0.528 e. The number of hydrogen-bond acceptors (Lipinski definition) is 6. The molecule has 1 saturated heterocycles. The van der Waals surface area contributed by atoms with Crippen LogP contribution in [0.1, 0.15) is 50.5 Å². The predicted molar refractivity (Wildman–Crippen MR) is 112 cm³/mol.